The molecule has 28 heavy (non-hydrogen) atoms. The van der Waals surface area contributed by atoms with Crippen molar-refractivity contribution in [2.45, 2.75) is 71.6 Å². The van der Waals surface area contributed by atoms with E-state index in [9.17, 15) is 4.79 Å². The molecule has 2 aromatic rings. The van der Waals surface area contributed by atoms with Crippen LogP contribution in [0.1, 0.15) is 51.5 Å². The first-order valence-electron chi connectivity index (χ1n) is 10.1. The molecule has 4 N–H and O–H groups in total. The molecule has 4 rings (SSSR count). The van der Waals surface area contributed by atoms with Crippen LogP contribution in [0, 0.1) is 6.92 Å². The van der Waals surface area contributed by atoms with Crippen LogP contribution in [-0.4, -0.2) is 26.7 Å². The van der Waals surface area contributed by atoms with Crippen molar-refractivity contribution in [2.75, 3.05) is 4.90 Å². The maximum absolute atomic E-state index is 12.8. The maximum atomic E-state index is 12.8. The van der Waals surface area contributed by atoms with Gasteiger partial charge >= 0.3 is 5.69 Å². The Labute approximate surface area is 164 Å². The fourth-order valence-corrected chi connectivity index (χ4v) is 4.78. The number of hydrogen-bond acceptors (Lipinski definition) is 6. The second kappa shape index (κ2) is 6.68. The Hall–Kier alpha value is -2.77. The molecule has 1 aromatic carbocycles. The van der Waals surface area contributed by atoms with Gasteiger partial charge in [-0.1, -0.05) is 6.42 Å². The van der Waals surface area contributed by atoms with Crippen molar-refractivity contribution in [3.05, 3.63) is 28.2 Å². The van der Waals surface area contributed by atoms with E-state index in [4.69, 9.17) is 16.5 Å². The first-order valence-corrected chi connectivity index (χ1v) is 10.1. The van der Waals surface area contributed by atoms with Crippen LogP contribution in [0.4, 0.5) is 5.69 Å². The minimum atomic E-state index is -0.489. The number of aromatic nitrogens is 2. The van der Waals surface area contributed by atoms with Crippen molar-refractivity contribution in [1.29, 1.82) is 0 Å². The Kier molecular flexibility index (Phi) is 4.44. The lowest BCUT2D eigenvalue weighted by Crippen LogP contribution is -2.58. The fraction of sp³-hybridized carbons (Fsp3) is 0.550. The third kappa shape index (κ3) is 2.62. The van der Waals surface area contributed by atoms with Crippen LogP contribution in [0.3, 0.4) is 0 Å². The van der Waals surface area contributed by atoms with Gasteiger partial charge in [-0.3, -0.25) is 14.0 Å². The molecule has 1 aromatic heterocycles. The summed E-state index contributed by atoms with van der Waals surface area (Å²) in [5.74, 6) is 0.620. The summed E-state index contributed by atoms with van der Waals surface area (Å²) < 4.78 is 3.63. The summed E-state index contributed by atoms with van der Waals surface area (Å²) in [5, 5.41) is 0. The topological polar surface area (TPSA) is 107 Å². The molecule has 1 aliphatic heterocycles. The molecule has 1 spiro atoms. The number of aryl methyl sites for hydroxylation is 3. The molecule has 150 valence electrons. The Morgan fingerprint density at radius 3 is 2.25 bits per heavy atom. The lowest BCUT2D eigenvalue weighted by atomic mass is 9.87. The van der Waals surface area contributed by atoms with Gasteiger partial charge in [0.15, 0.2) is 0 Å². The highest BCUT2D eigenvalue weighted by Crippen LogP contribution is 2.41. The second-order valence-electron chi connectivity index (χ2n) is 7.72. The molecule has 1 saturated carbocycles. The molecule has 0 bridgehead atoms. The molecular weight excluding hydrogens is 354 g/mol. The number of rotatable bonds is 3. The highest BCUT2D eigenvalue weighted by atomic mass is 16.1. The van der Waals surface area contributed by atoms with Crippen molar-refractivity contribution in [3.8, 4) is 0 Å². The fourth-order valence-electron chi connectivity index (χ4n) is 4.78. The normalized spacial score (nSPS) is 19.2. The minimum absolute atomic E-state index is 0.0199. The predicted octanol–water partition coefficient (Wildman–Crippen LogP) is 2.26. The summed E-state index contributed by atoms with van der Waals surface area (Å²) in [5.41, 5.74) is 15.8. The SMILES string of the molecule is CCn1c(=O)n(CC)c2cc(N3C(N)=NC(N)=NC34CCCCC4)c(C)cc21. The van der Waals surface area contributed by atoms with Crippen LogP contribution >= 0.6 is 0 Å². The van der Waals surface area contributed by atoms with Crippen molar-refractivity contribution in [1.82, 2.24) is 9.13 Å². The number of anilines is 1. The molecule has 8 heteroatoms. The molecule has 0 saturated heterocycles. The van der Waals surface area contributed by atoms with Gasteiger partial charge in [0, 0.05) is 13.1 Å². The van der Waals surface area contributed by atoms with Gasteiger partial charge in [0.2, 0.25) is 11.9 Å². The quantitative estimate of drug-likeness (QED) is 0.847. The Balaban J connectivity index is 1.96. The maximum Gasteiger partial charge on any atom is 0.329 e. The van der Waals surface area contributed by atoms with Crippen molar-refractivity contribution in [3.63, 3.8) is 0 Å². The van der Waals surface area contributed by atoms with E-state index in [2.05, 4.69) is 17.1 Å². The molecule has 1 aliphatic carbocycles. The summed E-state index contributed by atoms with van der Waals surface area (Å²) >= 11 is 0. The Bertz CT molecular complexity index is 1040. The van der Waals surface area contributed by atoms with Gasteiger partial charge in [0.25, 0.3) is 0 Å². The van der Waals surface area contributed by atoms with Gasteiger partial charge in [-0.05, 0) is 64.2 Å². The lowest BCUT2D eigenvalue weighted by Gasteiger charge is -2.46. The summed E-state index contributed by atoms with van der Waals surface area (Å²) in [7, 11) is 0. The number of nitrogens with two attached hydrogens (primary N) is 2. The van der Waals surface area contributed by atoms with Crippen LogP contribution in [0.25, 0.3) is 11.0 Å². The van der Waals surface area contributed by atoms with Crippen molar-refractivity contribution < 1.29 is 0 Å². The summed E-state index contributed by atoms with van der Waals surface area (Å²) in [6.07, 6.45) is 5.12. The molecule has 0 unspecified atom stereocenters. The average molecular weight is 384 g/mol. The number of guanidine groups is 2. The van der Waals surface area contributed by atoms with E-state index in [0.29, 0.717) is 19.0 Å². The van der Waals surface area contributed by atoms with E-state index in [1.807, 2.05) is 34.8 Å². The van der Waals surface area contributed by atoms with Crippen LogP contribution in [0.2, 0.25) is 0 Å². The van der Waals surface area contributed by atoms with Crippen molar-refractivity contribution >= 4 is 28.6 Å². The van der Waals surface area contributed by atoms with E-state index in [-0.39, 0.29) is 11.6 Å². The summed E-state index contributed by atoms with van der Waals surface area (Å²) in [4.78, 5) is 23.9. The number of benzene rings is 1. The van der Waals surface area contributed by atoms with Gasteiger partial charge < -0.3 is 11.5 Å². The van der Waals surface area contributed by atoms with E-state index in [1.165, 1.54) is 6.42 Å². The molecule has 0 atom stereocenters. The molecule has 0 amide bonds. The lowest BCUT2D eigenvalue weighted by molar-refractivity contribution is 0.305. The number of fused-ring (bicyclic) bond motifs is 1. The highest BCUT2D eigenvalue weighted by molar-refractivity contribution is 6.06. The van der Waals surface area contributed by atoms with Gasteiger partial charge in [0.05, 0.1) is 16.7 Å². The number of aliphatic imine (C=N–C) groups is 2. The van der Waals surface area contributed by atoms with Crippen molar-refractivity contribution in [2.24, 2.45) is 21.5 Å². The first kappa shape index (κ1) is 18.6. The zero-order chi connectivity index (χ0) is 20.1. The summed E-state index contributed by atoms with van der Waals surface area (Å²) in [6, 6.07) is 4.14. The van der Waals surface area contributed by atoms with Crippen LogP contribution in [0.5, 0.6) is 0 Å². The van der Waals surface area contributed by atoms with Crippen LogP contribution < -0.4 is 22.1 Å². The predicted molar refractivity (Wildman–Crippen MR) is 114 cm³/mol. The van der Waals surface area contributed by atoms with Crippen LogP contribution in [0.15, 0.2) is 26.9 Å². The van der Waals surface area contributed by atoms with E-state index in [0.717, 1.165) is 48.0 Å². The number of imidazole rings is 1. The van der Waals surface area contributed by atoms with E-state index < -0.39 is 5.66 Å². The molecule has 0 radical (unpaired) electrons. The molecular formula is C20H29N7O. The van der Waals surface area contributed by atoms with Gasteiger partial charge in [0.1, 0.15) is 5.66 Å². The number of nitrogens with zero attached hydrogens (tertiary/aromatic N) is 5. The van der Waals surface area contributed by atoms with Crippen LogP contribution in [-0.2, 0) is 13.1 Å². The minimum Gasteiger partial charge on any atom is -0.369 e. The van der Waals surface area contributed by atoms with Gasteiger partial charge in [-0.2, -0.15) is 4.99 Å². The number of hydrogen-bond donors (Lipinski definition) is 2. The molecule has 2 heterocycles. The molecule has 2 aliphatic rings. The zero-order valence-corrected chi connectivity index (χ0v) is 16.9. The third-order valence-electron chi connectivity index (χ3n) is 6.06. The smallest absolute Gasteiger partial charge is 0.329 e. The third-order valence-corrected chi connectivity index (χ3v) is 6.06. The molecule has 1 fully saturated rings. The molecule has 8 nitrogen and oxygen atoms in total. The first-order chi connectivity index (χ1) is 13.4. The average Bonchev–Trinajstić information content (AvgIpc) is 2.91. The standard InChI is InChI=1S/C20H29N7O/c1-4-25-15-11-13(3)14(12-16(15)26(5-2)19(25)28)27-18(22)23-17(21)24-20(27)9-7-6-8-10-20/h11-12H,4-10H2,1-3H3,(H4,21,22,23,24). The Morgan fingerprint density at radius 1 is 1.04 bits per heavy atom. The zero-order valence-electron chi connectivity index (χ0n) is 16.9. The summed E-state index contributed by atoms with van der Waals surface area (Å²) in [6.45, 7) is 7.29. The van der Waals surface area contributed by atoms with E-state index in [1.54, 1.807) is 0 Å². The van der Waals surface area contributed by atoms with E-state index >= 15 is 0 Å². The Morgan fingerprint density at radius 2 is 1.64 bits per heavy atom. The van der Waals surface area contributed by atoms with Gasteiger partial charge in [-0.25, -0.2) is 9.79 Å². The van der Waals surface area contributed by atoms with Gasteiger partial charge in [-0.15, -0.1) is 0 Å². The second-order valence-corrected chi connectivity index (χ2v) is 7.72. The highest BCUT2D eigenvalue weighted by Gasteiger charge is 2.43. The monoisotopic (exact) mass is 383 g/mol. The largest absolute Gasteiger partial charge is 0.369 e.